The van der Waals surface area contributed by atoms with Gasteiger partial charge in [0, 0.05) is 6.04 Å². The molecule has 0 saturated carbocycles. The van der Waals surface area contributed by atoms with Crippen molar-refractivity contribution < 1.29 is 0 Å². The van der Waals surface area contributed by atoms with Gasteiger partial charge < -0.3 is 10.2 Å². The molecule has 0 aliphatic heterocycles. The SMILES string of the molecule is [CH]CNC(C)CCCN(CC)CC. The predicted molar refractivity (Wildman–Crippen MR) is 58.8 cm³/mol. The van der Waals surface area contributed by atoms with Crippen LogP contribution in [0.3, 0.4) is 0 Å². The third kappa shape index (κ3) is 7.03. The molecule has 0 amide bonds. The molecule has 0 aromatic rings. The van der Waals surface area contributed by atoms with Gasteiger partial charge in [-0.05, 0) is 52.9 Å². The molecule has 2 nitrogen and oxygen atoms in total. The zero-order valence-electron chi connectivity index (χ0n) is 9.34. The molecule has 13 heavy (non-hydrogen) atoms. The van der Waals surface area contributed by atoms with E-state index < -0.39 is 0 Å². The van der Waals surface area contributed by atoms with Gasteiger partial charge in [-0.2, -0.15) is 0 Å². The molecule has 2 heteroatoms. The monoisotopic (exact) mass is 184 g/mol. The molecule has 1 atom stereocenters. The molecule has 0 aromatic heterocycles. The van der Waals surface area contributed by atoms with Crippen molar-refractivity contribution in [2.75, 3.05) is 26.2 Å². The van der Waals surface area contributed by atoms with E-state index in [1.807, 2.05) is 0 Å². The molecule has 78 valence electrons. The Morgan fingerprint density at radius 1 is 1.31 bits per heavy atom. The van der Waals surface area contributed by atoms with E-state index in [0.29, 0.717) is 12.6 Å². The van der Waals surface area contributed by atoms with E-state index in [4.69, 9.17) is 6.92 Å². The molecule has 0 fully saturated rings. The maximum absolute atomic E-state index is 5.39. The molecule has 1 N–H and O–H groups in total. The highest BCUT2D eigenvalue weighted by Gasteiger charge is 2.01. The largest absolute Gasteiger partial charge is 0.314 e. The lowest BCUT2D eigenvalue weighted by Crippen LogP contribution is -2.28. The summed E-state index contributed by atoms with van der Waals surface area (Å²) in [6.45, 7) is 16.1. The van der Waals surface area contributed by atoms with E-state index in [2.05, 4.69) is 31.0 Å². The molecule has 2 radical (unpaired) electrons. The molecule has 0 rings (SSSR count). The zero-order chi connectivity index (χ0) is 10.1. The van der Waals surface area contributed by atoms with E-state index in [0.717, 1.165) is 13.1 Å². The van der Waals surface area contributed by atoms with E-state index >= 15 is 0 Å². The van der Waals surface area contributed by atoms with Gasteiger partial charge in [0.1, 0.15) is 0 Å². The predicted octanol–water partition coefficient (Wildman–Crippen LogP) is 1.80. The highest BCUT2D eigenvalue weighted by Crippen LogP contribution is 1.98. The molecular weight excluding hydrogens is 160 g/mol. The summed E-state index contributed by atoms with van der Waals surface area (Å²) < 4.78 is 0. The Labute approximate surface area is 83.7 Å². The van der Waals surface area contributed by atoms with Gasteiger partial charge in [0.2, 0.25) is 0 Å². The summed E-state index contributed by atoms with van der Waals surface area (Å²) in [4.78, 5) is 2.45. The van der Waals surface area contributed by atoms with Crippen LogP contribution in [-0.2, 0) is 0 Å². The summed E-state index contributed by atoms with van der Waals surface area (Å²) in [6.07, 6.45) is 2.48. The van der Waals surface area contributed by atoms with Crippen LogP contribution < -0.4 is 5.32 Å². The van der Waals surface area contributed by atoms with Crippen molar-refractivity contribution in [3.05, 3.63) is 6.92 Å². The molecule has 1 unspecified atom stereocenters. The summed E-state index contributed by atoms with van der Waals surface area (Å²) in [5.74, 6) is 0. The molecule has 0 bridgehead atoms. The highest BCUT2D eigenvalue weighted by molar-refractivity contribution is 4.62. The van der Waals surface area contributed by atoms with Crippen LogP contribution in [0, 0.1) is 6.92 Å². The normalized spacial score (nSPS) is 13.6. The molecular formula is C11H24N2. The number of nitrogens with zero attached hydrogens (tertiary/aromatic N) is 1. The van der Waals surface area contributed by atoms with Crippen LogP contribution in [-0.4, -0.2) is 37.1 Å². The van der Waals surface area contributed by atoms with Crippen LogP contribution in [0.5, 0.6) is 0 Å². The van der Waals surface area contributed by atoms with Crippen LogP contribution >= 0.6 is 0 Å². The first-order valence-electron chi connectivity index (χ1n) is 5.40. The summed E-state index contributed by atoms with van der Waals surface area (Å²) in [5, 5.41) is 3.21. The summed E-state index contributed by atoms with van der Waals surface area (Å²) in [5.41, 5.74) is 0. The first kappa shape index (κ1) is 12.9. The van der Waals surface area contributed by atoms with Crippen LogP contribution in [0.25, 0.3) is 0 Å². The first-order chi connectivity index (χ1) is 6.24. The summed E-state index contributed by atoms with van der Waals surface area (Å²) in [6, 6.07) is 0.556. The lowest BCUT2D eigenvalue weighted by Gasteiger charge is -2.19. The van der Waals surface area contributed by atoms with E-state index in [-0.39, 0.29) is 0 Å². The Kier molecular flexibility index (Phi) is 8.46. The topological polar surface area (TPSA) is 15.3 Å². The Hall–Kier alpha value is -0.0800. The number of nitrogens with one attached hydrogen (secondary N) is 1. The second-order valence-electron chi connectivity index (χ2n) is 3.48. The standard InChI is InChI=1S/C11H24N2/c1-5-12-11(4)9-8-10-13(6-2)7-3/h1,11-12H,5-10H2,2-4H3. The number of hydrogen-bond donors (Lipinski definition) is 1. The third-order valence-electron chi connectivity index (χ3n) is 2.47. The van der Waals surface area contributed by atoms with Crippen molar-refractivity contribution in [3.8, 4) is 0 Å². The molecule has 0 aliphatic rings. The Morgan fingerprint density at radius 2 is 1.92 bits per heavy atom. The fraction of sp³-hybridized carbons (Fsp3) is 0.909. The highest BCUT2D eigenvalue weighted by atomic mass is 15.1. The van der Waals surface area contributed by atoms with Crippen molar-refractivity contribution in [2.24, 2.45) is 0 Å². The Morgan fingerprint density at radius 3 is 2.38 bits per heavy atom. The number of hydrogen-bond acceptors (Lipinski definition) is 2. The van der Waals surface area contributed by atoms with Crippen molar-refractivity contribution in [1.82, 2.24) is 10.2 Å². The molecule has 0 spiro atoms. The first-order valence-corrected chi connectivity index (χ1v) is 5.40. The van der Waals surface area contributed by atoms with Crippen molar-refractivity contribution in [1.29, 1.82) is 0 Å². The molecule has 0 saturated heterocycles. The van der Waals surface area contributed by atoms with Crippen molar-refractivity contribution in [2.45, 2.75) is 39.7 Å². The van der Waals surface area contributed by atoms with Gasteiger partial charge >= 0.3 is 0 Å². The maximum Gasteiger partial charge on any atom is 0.00393 e. The van der Waals surface area contributed by atoms with E-state index in [1.165, 1.54) is 19.4 Å². The summed E-state index contributed by atoms with van der Waals surface area (Å²) >= 11 is 0. The molecule has 0 aromatic carbocycles. The minimum absolute atomic E-state index is 0.556. The molecule has 0 aliphatic carbocycles. The minimum atomic E-state index is 0.556. The second kappa shape index (κ2) is 8.52. The van der Waals surface area contributed by atoms with Crippen LogP contribution in [0.4, 0.5) is 0 Å². The quantitative estimate of drug-likeness (QED) is 0.619. The minimum Gasteiger partial charge on any atom is -0.314 e. The lowest BCUT2D eigenvalue weighted by molar-refractivity contribution is 0.291. The molecule has 0 heterocycles. The third-order valence-corrected chi connectivity index (χ3v) is 2.47. The van der Waals surface area contributed by atoms with Crippen LogP contribution in [0.15, 0.2) is 0 Å². The Bertz CT molecular complexity index is 100. The van der Waals surface area contributed by atoms with E-state index in [1.54, 1.807) is 0 Å². The fourth-order valence-corrected chi connectivity index (χ4v) is 1.46. The van der Waals surface area contributed by atoms with Crippen molar-refractivity contribution in [3.63, 3.8) is 0 Å². The van der Waals surface area contributed by atoms with Gasteiger partial charge in [0.15, 0.2) is 0 Å². The smallest absolute Gasteiger partial charge is 0.00393 e. The summed E-state index contributed by atoms with van der Waals surface area (Å²) in [7, 11) is 0. The second-order valence-corrected chi connectivity index (χ2v) is 3.48. The fourth-order valence-electron chi connectivity index (χ4n) is 1.46. The number of rotatable bonds is 8. The van der Waals surface area contributed by atoms with Gasteiger partial charge in [-0.3, -0.25) is 0 Å². The Balaban J connectivity index is 3.32. The van der Waals surface area contributed by atoms with Crippen LogP contribution in [0.2, 0.25) is 0 Å². The van der Waals surface area contributed by atoms with Crippen molar-refractivity contribution >= 4 is 0 Å². The van der Waals surface area contributed by atoms with Gasteiger partial charge in [0.05, 0.1) is 0 Å². The average molecular weight is 184 g/mol. The van der Waals surface area contributed by atoms with Gasteiger partial charge in [-0.15, -0.1) is 0 Å². The van der Waals surface area contributed by atoms with E-state index in [9.17, 15) is 0 Å². The average Bonchev–Trinajstić information content (AvgIpc) is 2.13. The van der Waals surface area contributed by atoms with Gasteiger partial charge in [-0.1, -0.05) is 13.8 Å². The lowest BCUT2D eigenvalue weighted by atomic mass is 10.2. The zero-order valence-corrected chi connectivity index (χ0v) is 9.34. The maximum atomic E-state index is 5.39. The van der Waals surface area contributed by atoms with Gasteiger partial charge in [-0.25, -0.2) is 0 Å². The van der Waals surface area contributed by atoms with Gasteiger partial charge in [0.25, 0.3) is 0 Å². The van der Waals surface area contributed by atoms with Crippen LogP contribution in [0.1, 0.15) is 33.6 Å².